The number of benzene rings is 2. The first-order valence-electron chi connectivity index (χ1n) is 6.06. The van der Waals surface area contributed by atoms with Crippen LogP contribution in [0, 0.1) is 13.8 Å². The van der Waals surface area contributed by atoms with Crippen molar-refractivity contribution < 1.29 is 5.11 Å². The van der Waals surface area contributed by atoms with Crippen LogP contribution in [0.15, 0.2) is 42.5 Å². The molecule has 18 heavy (non-hydrogen) atoms. The van der Waals surface area contributed by atoms with Gasteiger partial charge in [0, 0.05) is 11.4 Å². The van der Waals surface area contributed by atoms with Crippen LogP contribution in [0.1, 0.15) is 28.4 Å². The standard InChI is InChI=1S/C16H17ClO/c1-11-5-3-4-6-13(11)10-16(18)14-8-7-12(2)15(17)9-14/h3-9,16,18H,10H2,1-2H3. The second kappa shape index (κ2) is 5.55. The molecule has 0 heterocycles. The number of hydrogen-bond acceptors (Lipinski definition) is 1. The van der Waals surface area contributed by atoms with E-state index in [1.165, 1.54) is 11.1 Å². The van der Waals surface area contributed by atoms with Gasteiger partial charge in [0.2, 0.25) is 0 Å². The summed E-state index contributed by atoms with van der Waals surface area (Å²) in [4.78, 5) is 0. The molecule has 1 N–H and O–H groups in total. The lowest BCUT2D eigenvalue weighted by atomic mass is 9.98. The minimum Gasteiger partial charge on any atom is -0.388 e. The summed E-state index contributed by atoms with van der Waals surface area (Å²) in [7, 11) is 0. The van der Waals surface area contributed by atoms with Gasteiger partial charge in [0.1, 0.15) is 0 Å². The summed E-state index contributed by atoms with van der Waals surface area (Å²) in [6.07, 6.45) is 0.107. The van der Waals surface area contributed by atoms with Crippen LogP contribution in [-0.2, 0) is 6.42 Å². The van der Waals surface area contributed by atoms with Crippen LogP contribution in [0.3, 0.4) is 0 Å². The summed E-state index contributed by atoms with van der Waals surface area (Å²) in [6, 6.07) is 13.8. The van der Waals surface area contributed by atoms with Crippen LogP contribution in [0.5, 0.6) is 0 Å². The van der Waals surface area contributed by atoms with E-state index in [4.69, 9.17) is 11.6 Å². The molecule has 2 aromatic carbocycles. The van der Waals surface area contributed by atoms with E-state index in [1.807, 2.05) is 43.3 Å². The van der Waals surface area contributed by atoms with E-state index < -0.39 is 6.10 Å². The van der Waals surface area contributed by atoms with Crippen LogP contribution < -0.4 is 0 Å². The highest BCUT2D eigenvalue weighted by molar-refractivity contribution is 6.31. The Morgan fingerprint density at radius 1 is 1.06 bits per heavy atom. The van der Waals surface area contributed by atoms with Crippen molar-refractivity contribution in [2.45, 2.75) is 26.4 Å². The SMILES string of the molecule is Cc1ccc(C(O)Cc2ccccc2C)cc1Cl. The minimum atomic E-state index is -0.510. The quantitative estimate of drug-likeness (QED) is 0.876. The molecule has 1 nitrogen and oxygen atoms in total. The molecule has 1 atom stereocenters. The number of aryl methyl sites for hydroxylation is 2. The highest BCUT2D eigenvalue weighted by Gasteiger charge is 2.11. The summed E-state index contributed by atoms with van der Waals surface area (Å²) in [5.74, 6) is 0. The molecule has 2 rings (SSSR count). The van der Waals surface area contributed by atoms with Crippen LogP contribution in [0.4, 0.5) is 0 Å². The molecule has 0 radical (unpaired) electrons. The van der Waals surface area contributed by atoms with Gasteiger partial charge >= 0.3 is 0 Å². The van der Waals surface area contributed by atoms with Crippen molar-refractivity contribution in [2.75, 3.05) is 0 Å². The molecule has 0 aliphatic rings. The first kappa shape index (κ1) is 13.1. The lowest BCUT2D eigenvalue weighted by molar-refractivity contribution is 0.178. The fourth-order valence-corrected chi connectivity index (χ4v) is 2.17. The Hall–Kier alpha value is -1.31. The molecule has 0 aliphatic carbocycles. The number of aliphatic hydroxyl groups excluding tert-OH is 1. The van der Waals surface area contributed by atoms with Crippen molar-refractivity contribution in [3.63, 3.8) is 0 Å². The van der Waals surface area contributed by atoms with Gasteiger partial charge in [0.05, 0.1) is 6.10 Å². The Morgan fingerprint density at radius 3 is 2.44 bits per heavy atom. The molecule has 0 aliphatic heterocycles. The number of aliphatic hydroxyl groups is 1. The topological polar surface area (TPSA) is 20.2 Å². The third-order valence-corrected chi connectivity index (χ3v) is 3.66. The maximum atomic E-state index is 10.3. The van der Waals surface area contributed by atoms with Gasteiger partial charge in [-0.15, -0.1) is 0 Å². The van der Waals surface area contributed by atoms with Crippen molar-refractivity contribution in [3.05, 3.63) is 69.7 Å². The first-order chi connectivity index (χ1) is 8.58. The Balaban J connectivity index is 2.19. The van der Waals surface area contributed by atoms with Crippen molar-refractivity contribution >= 4 is 11.6 Å². The first-order valence-corrected chi connectivity index (χ1v) is 6.44. The molecule has 0 amide bonds. The predicted molar refractivity (Wildman–Crippen MR) is 76.0 cm³/mol. The summed E-state index contributed by atoms with van der Waals surface area (Å²) >= 11 is 6.08. The van der Waals surface area contributed by atoms with E-state index in [0.717, 1.165) is 11.1 Å². The summed E-state index contributed by atoms with van der Waals surface area (Å²) in [5, 5.41) is 11.0. The van der Waals surface area contributed by atoms with Crippen LogP contribution in [-0.4, -0.2) is 5.11 Å². The van der Waals surface area contributed by atoms with E-state index in [2.05, 4.69) is 13.0 Å². The molecule has 2 heteroatoms. The van der Waals surface area contributed by atoms with Crippen LogP contribution in [0.2, 0.25) is 5.02 Å². The zero-order valence-corrected chi connectivity index (χ0v) is 11.4. The average molecular weight is 261 g/mol. The zero-order chi connectivity index (χ0) is 13.1. The van der Waals surface area contributed by atoms with Crippen LogP contribution >= 0.6 is 11.6 Å². The fourth-order valence-electron chi connectivity index (χ4n) is 1.98. The Morgan fingerprint density at radius 2 is 1.78 bits per heavy atom. The van der Waals surface area contributed by atoms with Crippen molar-refractivity contribution in [1.29, 1.82) is 0 Å². The van der Waals surface area contributed by atoms with Gasteiger partial charge in [-0.05, 0) is 42.2 Å². The molecule has 0 spiro atoms. The highest BCUT2D eigenvalue weighted by atomic mass is 35.5. The van der Waals surface area contributed by atoms with Gasteiger partial charge < -0.3 is 5.11 Å². The maximum absolute atomic E-state index is 10.3. The smallest absolute Gasteiger partial charge is 0.0831 e. The zero-order valence-electron chi connectivity index (χ0n) is 10.7. The van der Waals surface area contributed by atoms with Gasteiger partial charge in [-0.2, -0.15) is 0 Å². The lowest BCUT2D eigenvalue weighted by Crippen LogP contribution is -2.03. The third-order valence-electron chi connectivity index (χ3n) is 3.26. The maximum Gasteiger partial charge on any atom is 0.0831 e. The lowest BCUT2D eigenvalue weighted by Gasteiger charge is -2.13. The second-order valence-electron chi connectivity index (χ2n) is 4.66. The molecule has 0 saturated carbocycles. The van der Waals surface area contributed by atoms with Gasteiger partial charge in [-0.3, -0.25) is 0 Å². The number of hydrogen-bond donors (Lipinski definition) is 1. The summed E-state index contributed by atoms with van der Waals surface area (Å²) in [6.45, 7) is 4.02. The Bertz CT molecular complexity index is 549. The van der Waals surface area contributed by atoms with E-state index >= 15 is 0 Å². The predicted octanol–water partition coefficient (Wildman–Crippen LogP) is 4.23. The normalized spacial score (nSPS) is 12.4. The molecular formula is C16H17ClO. The van der Waals surface area contributed by atoms with E-state index in [9.17, 15) is 5.11 Å². The average Bonchev–Trinajstić information content (AvgIpc) is 2.35. The molecule has 2 aromatic rings. The third kappa shape index (κ3) is 2.92. The Labute approximate surface area is 113 Å². The number of halogens is 1. The van der Waals surface area contributed by atoms with Gasteiger partial charge in [0.25, 0.3) is 0 Å². The Kier molecular flexibility index (Phi) is 4.05. The fraction of sp³-hybridized carbons (Fsp3) is 0.250. The summed E-state index contributed by atoms with van der Waals surface area (Å²) in [5.41, 5.74) is 4.27. The molecule has 94 valence electrons. The van der Waals surface area contributed by atoms with E-state index in [0.29, 0.717) is 11.4 Å². The van der Waals surface area contributed by atoms with Gasteiger partial charge in [-0.25, -0.2) is 0 Å². The van der Waals surface area contributed by atoms with E-state index in [1.54, 1.807) is 0 Å². The second-order valence-corrected chi connectivity index (χ2v) is 5.06. The van der Waals surface area contributed by atoms with Crippen molar-refractivity contribution in [1.82, 2.24) is 0 Å². The largest absolute Gasteiger partial charge is 0.388 e. The molecule has 0 fully saturated rings. The van der Waals surface area contributed by atoms with Crippen molar-refractivity contribution in [2.24, 2.45) is 0 Å². The molecule has 0 bridgehead atoms. The summed E-state index contributed by atoms with van der Waals surface area (Å²) < 4.78 is 0. The number of rotatable bonds is 3. The van der Waals surface area contributed by atoms with Crippen LogP contribution in [0.25, 0.3) is 0 Å². The van der Waals surface area contributed by atoms with Crippen molar-refractivity contribution in [3.8, 4) is 0 Å². The monoisotopic (exact) mass is 260 g/mol. The molecule has 0 aromatic heterocycles. The minimum absolute atomic E-state index is 0.510. The van der Waals surface area contributed by atoms with Gasteiger partial charge in [-0.1, -0.05) is 48.0 Å². The highest BCUT2D eigenvalue weighted by Crippen LogP contribution is 2.24. The molecule has 0 saturated heterocycles. The van der Waals surface area contributed by atoms with E-state index in [-0.39, 0.29) is 0 Å². The molecular weight excluding hydrogens is 244 g/mol. The van der Waals surface area contributed by atoms with Gasteiger partial charge in [0.15, 0.2) is 0 Å². The molecule has 1 unspecified atom stereocenters.